The van der Waals surface area contributed by atoms with Crippen molar-refractivity contribution in [2.24, 2.45) is 0 Å². The van der Waals surface area contributed by atoms with E-state index in [4.69, 9.17) is 0 Å². The van der Waals surface area contributed by atoms with Crippen LogP contribution in [0.1, 0.15) is 64.6 Å². The molecule has 0 spiro atoms. The second kappa shape index (κ2) is 10.6. The number of carbonyl (C=O) groups excluding carboxylic acids is 2. The van der Waals surface area contributed by atoms with Crippen molar-refractivity contribution in [3.8, 4) is 0 Å². The molecule has 30 heavy (non-hydrogen) atoms. The molecule has 2 aliphatic heterocycles. The van der Waals surface area contributed by atoms with E-state index in [2.05, 4.69) is 15.7 Å². The first-order chi connectivity index (χ1) is 14.2. The number of benzene rings is 1. The number of nitrogens with zero attached hydrogens (tertiary/aromatic N) is 3. The van der Waals surface area contributed by atoms with Gasteiger partial charge in [0.2, 0.25) is 0 Å². The minimum atomic E-state index is -0.180. The SMILES string of the molecule is Cl.O=C(NCc1ccc(C(=O)N2CCCCC2)cc1)c1ccn(C2CCCNC2)n1. The molecule has 2 aliphatic rings. The van der Waals surface area contributed by atoms with E-state index < -0.39 is 0 Å². The highest BCUT2D eigenvalue weighted by Gasteiger charge is 2.19. The lowest BCUT2D eigenvalue weighted by atomic mass is 10.1. The molecule has 2 saturated heterocycles. The summed E-state index contributed by atoms with van der Waals surface area (Å²) < 4.78 is 1.89. The van der Waals surface area contributed by atoms with Gasteiger partial charge in [-0.05, 0) is 62.4 Å². The van der Waals surface area contributed by atoms with Crippen LogP contribution >= 0.6 is 12.4 Å². The summed E-state index contributed by atoms with van der Waals surface area (Å²) in [5.41, 5.74) is 2.11. The van der Waals surface area contributed by atoms with Crippen molar-refractivity contribution in [3.63, 3.8) is 0 Å². The largest absolute Gasteiger partial charge is 0.347 e. The average Bonchev–Trinajstić information content (AvgIpc) is 3.29. The smallest absolute Gasteiger partial charge is 0.272 e. The summed E-state index contributed by atoms with van der Waals surface area (Å²) in [4.78, 5) is 26.9. The third-order valence-corrected chi connectivity index (χ3v) is 5.78. The second-order valence-corrected chi connectivity index (χ2v) is 7.91. The fraction of sp³-hybridized carbons (Fsp3) is 0.500. The lowest BCUT2D eigenvalue weighted by molar-refractivity contribution is 0.0724. The summed E-state index contributed by atoms with van der Waals surface area (Å²) in [6.45, 7) is 4.05. The summed E-state index contributed by atoms with van der Waals surface area (Å²) in [7, 11) is 0. The van der Waals surface area contributed by atoms with Gasteiger partial charge >= 0.3 is 0 Å². The fourth-order valence-electron chi connectivity index (χ4n) is 4.04. The highest BCUT2D eigenvalue weighted by Crippen LogP contribution is 2.16. The van der Waals surface area contributed by atoms with E-state index in [9.17, 15) is 9.59 Å². The molecule has 1 unspecified atom stereocenters. The van der Waals surface area contributed by atoms with Crippen molar-refractivity contribution in [3.05, 3.63) is 53.3 Å². The molecule has 2 N–H and O–H groups in total. The van der Waals surface area contributed by atoms with Gasteiger partial charge in [0.25, 0.3) is 11.8 Å². The zero-order valence-corrected chi connectivity index (χ0v) is 18.0. The zero-order valence-electron chi connectivity index (χ0n) is 17.2. The Balaban J connectivity index is 0.00000256. The van der Waals surface area contributed by atoms with Gasteiger partial charge in [0.1, 0.15) is 5.69 Å². The summed E-state index contributed by atoms with van der Waals surface area (Å²) in [5.74, 6) is -0.0796. The Morgan fingerprint density at radius 3 is 2.53 bits per heavy atom. The van der Waals surface area contributed by atoms with Crippen LogP contribution in [-0.4, -0.2) is 52.7 Å². The Morgan fingerprint density at radius 1 is 1.07 bits per heavy atom. The van der Waals surface area contributed by atoms with Crippen molar-refractivity contribution in [2.45, 2.75) is 44.7 Å². The van der Waals surface area contributed by atoms with E-state index in [1.165, 1.54) is 6.42 Å². The van der Waals surface area contributed by atoms with E-state index in [0.717, 1.165) is 57.4 Å². The maximum absolute atomic E-state index is 12.5. The van der Waals surface area contributed by atoms with E-state index in [0.29, 0.717) is 23.8 Å². The molecule has 0 aliphatic carbocycles. The van der Waals surface area contributed by atoms with E-state index in [-0.39, 0.29) is 24.2 Å². The minimum Gasteiger partial charge on any atom is -0.347 e. The fourth-order valence-corrected chi connectivity index (χ4v) is 4.04. The van der Waals surface area contributed by atoms with E-state index in [1.807, 2.05) is 40.0 Å². The number of nitrogens with one attached hydrogen (secondary N) is 2. The number of hydrogen-bond acceptors (Lipinski definition) is 4. The molecule has 1 aromatic carbocycles. The lowest BCUT2D eigenvalue weighted by Crippen LogP contribution is -2.35. The quantitative estimate of drug-likeness (QED) is 0.762. The topological polar surface area (TPSA) is 79.3 Å². The van der Waals surface area contributed by atoms with Gasteiger partial charge in [-0.15, -0.1) is 12.4 Å². The molecule has 1 aromatic heterocycles. The normalized spacial score (nSPS) is 19.1. The molecule has 3 heterocycles. The van der Waals surface area contributed by atoms with Gasteiger partial charge in [0, 0.05) is 37.9 Å². The summed E-state index contributed by atoms with van der Waals surface area (Å²) >= 11 is 0. The average molecular weight is 432 g/mol. The van der Waals surface area contributed by atoms with Gasteiger partial charge in [-0.2, -0.15) is 5.10 Å². The first-order valence-corrected chi connectivity index (χ1v) is 10.6. The highest BCUT2D eigenvalue weighted by molar-refractivity contribution is 5.94. The van der Waals surface area contributed by atoms with Crippen LogP contribution in [0.2, 0.25) is 0 Å². The highest BCUT2D eigenvalue weighted by atomic mass is 35.5. The molecule has 1 atom stereocenters. The Bertz CT molecular complexity index is 839. The number of piperidine rings is 2. The van der Waals surface area contributed by atoms with Crippen LogP contribution in [-0.2, 0) is 6.54 Å². The van der Waals surface area contributed by atoms with E-state index >= 15 is 0 Å². The van der Waals surface area contributed by atoms with Gasteiger partial charge < -0.3 is 15.5 Å². The molecule has 2 fully saturated rings. The number of halogens is 1. The molecule has 2 amide bonds. The maximum atomic E-state index is 12.5. The summed E-state index contributed by atoms with van der Waals surface area (Å²) in [6.07, 6.45) is 7.47. The van der Waals surface area contributed by atoms with Gasteiger partial charge in [-0.3, -0.25) is 14.3 Å². The van der Waals surface area contributed by atoms with Gasteiger partial charge in [-0.1, -0.05) is 12.1 Å². The Kier molecular flexibility index (Phi) is 7.87. The van der Waals surface area contributed by atoms with Crippen molar-refractivity contribution >= 4 is 24.2 Å². The number of rotatable bonds is 5. The first-order valence-electron chi connectivity index (χ1n) is 10.6. The van der Waals surface area contributed by atoms with Crippen LogP contribution in [0.15, 0.2) is 36.5 Å². The molecule has 162 valence electrons. The number of carbonyl (C=O) groups is 2. The van der Waals surface area contributed by atoms with Crippen LogP contribution < -0.4 is 10.6 Å². The number of amides is 2. The van der Waals surface area contributed by atoms with Crippen LogP contribution in [0.25, 0.3) is 0 Å². The second-order valence-electron chi connectivity index (χ2n) is 7.91. The molecule has 2 aromatic rings. The molecule has 0 radical (unpaired) electrons. The van der Waals surface area contributed by atoms with Crippen LogP contribution in [0, 0.1) is 0 Å². The number of hydrogen-bond donors (Lipinski definition) is 2. The standard InChI is InChI=1S/C22H29N5O2.ClH/c28-21(20-10-14-27(25-20)19-5-4-11-23-16-19)24-15-17-6-8-18(9-7-17)22(29)26-12-2-1-3-13-26;/h6-10,14,19,23H,1-5,11-13,15-16H2,(H,24,28);1H. The number of aromatic nitrogens is 2. The zero-order chi connectivity index (χ0) is 20.1. The van der Waals surface area contributed by atoms with Crippen LogP contribution in [0.4, 0.5) is 0 Å². The molecule has 8 heteroatoms. The van der Waals surface area contributed by atoms with Crippen LogP contribution in [0.3, 0.4) is 0 Å². The third kappa shape index (κ3) is 5.40. The van der Waals surface area contributed by atoms with Crippen molar-refractivity contribution in [1.29, 1.82) is 0 Å². The molecule has 0 bridgehead atoms. The van der Waals surface area contributed by atoms with E-state index in [1.54, 1.807) is 6.07 Å². The third-order valence-electron chi connectivity index (χ3n) is 5.78. The number of likely N-dealkylation sites (tertiary alicyclic amines) is 1. The van der Waals surface area contributed by atoms with Crippen molar-refractivity contribution in [2.75, 3.05) is 26.2 Å². The molecular formula is C22H30ClN5O2. The van der Waals surface area contributed by atoms with Crippen LogP contribution in [0.5, 0.6) is 0 Å². The minimum absolute atomic E-state index is 0. The monoisotopic (exact) mass is 431 g/mol. The molecular weight excluding hydrogens is 402 g/mol. The molecule has 0 saturated carbocycles. The maximum Gasteiger partial charge on any atom is 0.272 e. The Morgan fingerprint density at radius 2 is 1.83 bits per heavy atom. The first kappa shape index (κ1) is 22.3. The van der Waals surface area contributed by atoms with Crippen molar-refractivity contribution in [1.82, 2.24) is 25.3 Å². The Hall–Kier alpha value is -2.38. The predicted octanol–water partition coefficient (Wildman–Crippen LogP) is 2.79. The van der Waals surface area contributed by atoms with Gasteiger partial charge in [-0.25, -0.2) is 0 Å². The summed E-state index contributed by atoms with van der Waals surface area (Å²) in [5, 5.41) is 10.7. The predicted molar refractivity (Wildman–Crippen MR) is 118 cm³/mol. The molecule has 4 rings (SSSR count). The lowest BCUT2D eigenvalue weighted by Gasteiger charge is -2.26. The van der Waals surface area contributed by atoms with Crippen molar-refractivity contribution < 1.29 is 9.59 Å². The van der Waals surface area contributed by atoms with Gasteiger partial charge in [0.15, 0.2) is 0 Å². The van der Waals surface area contributed by atoms with Gasteiger partial charge in [0.05, 0.1) is 6.04 Å². The summed E-state index contributed by atoms with van der Waals surface area (Å²) in [6, 6.07) is 9.60. The molecule has 7 nitrogen and oxygen atoms in total. The Labute approximate surface area is 183 Å².